The van der Waals surface area contributed by atoms with E-state index in [0.717, 1.165) is 42.5 Å². The summed E-state index contributed by atoms with van der Waals surface area (Å²) in [4.78, 5) is 26.4. The van der Waals surface area contributed by atoms with Crippen molar-refractivity contribution in [2.45, 2.75) is 45.8 Å². The molecule has 0 N–H and O–H groups in total. The van der Waals surface area contributed by atoms with Crippen LogP contribution < -0.4 is 4.74 Å². The lowest BCUT2D eigenvalue weighted by Gasteiger charge is -2.24. The van der Waals surface area contributed by atoms with Gasteiger partial charge in [-0.15, -0.1) is 0 Å². The van der Waals surface area contributed by atoms with Crippen LogP contribution in [0.4, 0.5) is 0 Å². The molecule has 3 rings (SSSR count). The van der Waals surface area contributed by atoms with E-state index in [1.165, 1.54) is 7.11 Å². The first-order chi connectivity index (χ1) is 14.5. The summed E-state index contributed by atoms with van der Waals surface area (Å²) in [5, 5.41) is 0.681. The molecule has 0 radical (unpaired) electrons. The van der Waals surface area contributed by atoms with E-state index in [2.05, 4.69) is 0 Å². The third kappa shape index (κ3) is 5.99. The van der Waals surface area contributed by atoms with Gasteiger partial charge in [0, 0.05) is 29.6 Å². The van der Waals surface area contributed by atoms with Crippen LogP contribution in [0.15, 0.2) is 42.5 Å². The molecule has 160 valence electrons. The quantitative estimate of drug-likeness (QED) is 0.594. The fourth-order valence-electron chi connectivity index (χ4n) is 3.65. The number of hydrogen-bond donors (Lipinski definition) is 0. The van der Waals surface area contributed by atoms with E-state index in [4.69, 9.17) is 21.1 Å². The molecule has 1 aliphatic rings. The molecule has 0 spiro atoms. The van der Waals surface area contributed by atoms with E-state index in [9.17, 15) is 9.59 Å². The highest BCUT2D eigenvalue weighted by Gasteiger charge is 2.24. The molecule has 2 aromatic carbocycles. The SMILES string of the molecule is COC(=O)Cc1ccc(OCc2ccc(Cl)cc2)c(CN2CCCC[C@H](C)C2=O)c1. The second-order valence-electron chi connectivity index (χ2n) is 7.77. The molecule has 2 aromatic rings. The van der Waals surface area contributed by atoms with Crippen molar-refractivity contribution in [3.8, 4) is 5.75 Å². The largest absolute Gasteiger partial charge is 0.489 e. The second kappa shape index (κ2) is 10.5. The summed E-state index contributed by atoms with van der Waals surface area (Å²) in [6.07, 6.45) is 3.17. The highest BCUT2D eigenvalue weighted by molar-refractivity contribution is 6.30. The van der Waals surface area contributed by atoms with Crippen LogP contribution in [0.1, 0.15) is 42.9 Å². The van der Waals surface area contributed by atoms with Crippen LogP contribution in [0.25, 0.3) is 0 Å². The molecule has 5 nitrogen and oxygen atoms in total. The average Bonchev–Trinajstić information content (AvgIpc) is 2.90. The van der Waals surface area contributed by atoms with E-state index in [1.54, 1.807) is 0 Å². The number of esters is 1. The number of methoxy groups -OCH3 is 1. The number of carbonyl (C=O) groups excluding carboxylic acids is 2. The molecule has 6 heteroatoms. The Hall–Kier alpha value is -2.53. The van der Waals surface area contributed by atoms with Gasteiger partial charge >= 0.3 is 5.97 Å². The smallest absolute Gasteiger partial charge is 0.309 e. The topological polar surface area (TPSA) is 55.8 Å². The number of likely N-dealkylation sites (tertiary alicyclic amines) is 1. The predicted molar refractivity (Wildman–Crippen MR) is 116 cm³/mol. The predicted octanol–water partition coefficient (Wildman–Crippen LogP) is 4.78. The van der Waals surface area contributed by atoms with E-state index >= 15 is 0 Å². The number of nitrogens with zero attached hydrogens (tertiary/aromatic N) is 1. The van der Waals surface area contributed by atoms with Crippen LogP contribution >= 0.6 is 11.6 Å². The van der Waals surface area contributed by atoms with Crippen molar-refractivity contribution < 1.29 is 19.1 Å². The van der Waals surface area contributed by atoms with Crippen LogP contribution in [0.3, 0.4) is 0 Å². The Kier molecular flexibility index (Phi) is 7.75. The Morgan fingerprint density at radius 2 is 1.87 bits per heavy atom. The maximum atomic E-state index is 12.8. The summed E-state index contributed by atoms with van der Waals surface area (Å²) in [7, 11) is 1.38. The first-order valence-corrected chi connectivity index (χ1v) is 10.7. The van der Waals surface area contributed by atoms with Crippen molar-refractivity contribution in [3.05, 3.63) is 64.2 Å². The van der Waals surface area contributed by atoms with Gasteiger partial charge in [0.15, 0.2) is 0 Å². The Bertz CT molecular complexity index is 881. The van der Waals surface area contributed by atoms with E-state index in [-0.39, 0.29) is 24.2 Å². The first-order valence-electron chi connectivity index (χ1n) is 10.3. The number of benzene rings is 2. The van der Waals surface area contributed by atoms with Crippen molar-refractivity contribution in [2.24, 2.45) is 5.92 Å². The summed E-state index contributed by atoms with van der Waals surface area (Å²) in [6.45, 7) is 3.59. The standard InChI is InChI=1S/C24H28ClNO4/c1-17-5-3-4-12-26(24(17)28)15-20-13-19(14-23(27)29-2)8-11-22(20)30-16-18-6-9-21(25)10-7-18/h6-11,13,17H,3-5,12,14-16H2,1-2H3/t17-/m0/s1. The fraction of sp³-hybridized carbons (Fsp3) is 0.417. The average molecular weight is 430 g/mol. The molecule has 0 aromatic heterocycles. The number of hydrogen-bond acceptors (Lipinski definition) is 4. The van der Waals surface area contributed by atoms with Crippen LogP contribution in [-0.4, -0.2) is 30.4 Å². The minimum atomic E-state index is -0.296. The van der Waals surface area contributed by atoms with Gasteiger partial charge in [-0.05, 0) is 48.2 Å². The van der Waals surface area contributed by atoms with Crippen LogP contribution in [0.2, 0.25) is 5.02 Å². The van der Waals surface area contributed by atoms with E-state index in [1.807, 2.05) is 54.3 Å². The van der Waals surface area contributed by atoms with Crippen molar-refractivity contribution in [2.75, 3.05) is 13.7 Å². The van der Waals surface area contributed by atoms with Crippen LogP contribution in [0.5, 0.6) is 5.75 Å². The molecule has 1 amide bonds. The highest BCUT2D eigenvalue weighted by Crippen LogP contribution is 2.26. The van der Waals surface area contributed by atoms with Gasteiger partial charge in [0.2, 0.25) is 5.91 Å². The molecule has 30 heavy (non-hydrogen) atoms. The van der Waals surface area contributed by atoms with Crippen LogP contribution in [0, 0.1) is 5.92 Å². The zero-order valence-electron chi connectivity index (χ0n) is 17.5. The zero-order chi connectivity index (χ0) is 21.5. The first kappa shape index (κ1) is 22.2. The normalized spacial score (nSPS) is 16.8. The van der Waals surface area contributed by atoms with Crippen molar-refractivity contribution >= 4 is 23.5 Å². The molecule has 0 bridgehead atoms. The fourth-order valence-corrected chi connectivity index (χ4v) is 3.77. The number of amides is 1. The molecule has 0 unspecified atom stereocenters. The van der Waals surface area contributed by atoms with Gasteiger partial charge in [-0.1, -0.05) is 43.1 Å². The Balaban J connectivity index is 1.82. The molecule has 1 fully saturated rings. The molecule has 1 heterocycles. The molecule has 0 aliphatic carbocycles. The molecule has 1 atom stereocenters. The Morgan fingerprint density at radius 3 is 2.60 bits per heavy atom. The number of halogens is 1. The lowest BCUT2D eigenvalue weighted by molar-refractivity contribution is -0.139. The Morgan fingerprint density at radius 1 is 1.13 bits per heavy atom. The van der Waals surface area contributed by atoms with Crippen LogP contribution in [-0.2, 0) is 33.9 Å². The van der Waals surface area contributed by atoms with Gasteiger partial charge in [-0.3, -0.25) is 9.59 Å². The molecule has 1 aliphatic heterocycles. The van der Waals surface area contributed by atoms with Gasteiger partial charge in [0.25, 0.3) is 0 Å². The van der Waals surface area contributed by atoms with Crippen molar-refractivity contribution in [1.29, 1.82) is 0 Å². The summed E-state index contributed by atoms with van der Waals surface area (Å²) in [5.74, 6) is 0.622. The van der Waals surface area contributed by atoms with E-state index in [0.29, 0.717) is 23.9 Å². The highest BCUT2D eigenvalue weighted by atomic mass is 35.5. The molecular weight excluding hydrogens is 402 g/mol. The summed E-state index contributed by atoms with van der Waals surface area (Å²) < 4.78 is 10.9. The number of rotatable bonds is 7. The lowest BCUT2D eigenvalue weighted by Crippen LogP contribution is -2.33. The van der Waals surface area contributed by atoms with Crippen molar-refractivity contribution in [3.63, 3.8) is 0 Å². The summed E-state index contributed by atoms with van der Waals surface area (Å²) in [6, 6.07) is 13.2. The number of carbonyl (C=O) groups is 2. The van der Waals surface area contributed by atoms with Gasteiger partial charge in [0.1, 0.15) is 12.4 Å². The minimum Gasteiger partial charge on any atom is -0.489 e. The maximum absolute atomic E-state index is 12.8. The summed E-state index contributed by atoms with van der Waals surface area (Å²) >= 11 is 5.96. The van der Waals surface area contributed by atoms with Gasteiger partial charge in [-0.25, -0.2) is 0 Å². The number of ether oxygens (including phenoxy) is 2. The van der Waals surface area contributed by atoms with E-state index < -0.39 is 0 Å². The maximum Gasteiger partial charge on any atom is 0.309 e. The van der Waals surface area contributed by atoms with Gasteiger partial charge in [-0.2, -0.15) is 0 Å². The minimum absolute atomic E-state index is 0.0317. The van der Waals surface area contributed by atoms with Gasteiger partial charge < -0.3 is 14.4 Å². The second-order valence-corrected chi connectivity index (χ2v) is 8.20. The summed E-state index contributed by atoms with van der Waals surface area (Å²) in [5.41, 5.74) is 2.74. The zero-order valence-corrected chi connectivity index (χ0v) is 18.3. The third-order valence-corrected chi connectivity index (χ3v) is 5.67. The Labute approximate surface area is 182 Å². The monoisotopic (exact) mass is 429 g/mol. The molecule has 0 saturated carbocycles. The molecular formula is C24H28ClNO4. The molecule has 1 saturated heterocycles. The third-order valence-electron chi connectivity index (χ3n) is 5.42. The van der Waals surface area contributed by atoms with Gasteiger partial charge in [0.05, 0.1) is 13.5 Å². The van der Waals surface area contributed by atoms with Crippen molar-refractivity contribution in [1.82, 2.24) is 4.90 Å². The lowest BCUT2D eigenvalue weighted by atomic mass is 10.0.